The van der Waals surface area contributed by atoms with Crippen LogP contribution in [0.4, 0.5) is 5.69 Å². The molecule has 0 saturated heterocycles. The van der Waals surface area contributed by atoms with E-state index in [0.717, 1.165) is 35.9 Å². The number of Topliss-reactive ketones (excluding diaryl/α,β-unsaturated/α-hetero) is 1. The van der Waals surface area contributed by atoms with Crippen LogP contribution in [0.15, 0.2) is 60.7 Å². The van der Waals surface area contributed by atoms with Gasteiger partial charge in [0.25, 0.3) is 5.91 Å². The molecule has 1 amide bonds. The first-order chi connectivity index (χ1) is 20.1. The molecule has 3 aromatic carbocycles. The third kappa shape index (κ3) is 4.57. The molecule has 2 aliphatic rings. The summed E-state index contributed by atoms with van der Waals surface area (Å²) in [7, 11) is 4.09. The van der Waals surface area contributed by atoms with Gasteiger partial charge in [0.1, 0.15) is 17.0 Å². The summed E-state index contributed by atoms with van der Waals surface area (Å²) in [5, 5.41) is 3.97. The van der Waals surface area contributed by atoms with E-state index < -0.39 is 11.6 Å². The molecule has 0 aliphatic heterocycles. The van der Waals surface area contributed by atoms with Crippen molar-refractivity contribution in [1.29, 1.82) is 0 Å². The van der Waals surface area contributed by atoms with Crippen molar-refractivity contribution in [2.24, 2.45) is 11.5 Å². The van der Waals surface area contributed by atoms with Crippen LogP contribution in [-0.2, 0) is 10.3 Å². The molecule has 6 rings (SSSR count). The number of nitrogens with two attached hydrogens (primary N) is 3. The van der Waals surface area contributed by atoms with Crippen molar-refractivity contribution in [2.45, 2.75) is 56.3 Å². The lowest BCUT2D eigenvalue weighted by molar-refractivity contribution is -0.124. The Labute approximate surface area is 249 Å². The number of likely N-dealkylation sites (N-methyl/N-ethyl adjacent to an activating group) is 1. The van der Waals surface area contributed by atoms with Gasteiger partial charge in [0, 0.05) is 28.7 Å². The zero-order chi connectivity index (χ0) is 29.8. The summed E-state index contributed by atoms with van der Waals surface area (Å²) in [6.45, 7) is 1.91. The van der Waals surface area contributed by atoms with E-state index in [1.165, 1.54) is 11.3 Å². The number of rotatable bonds is 6. The van der Waals surface area contributed by atoms with Crippen LogP contribution in [0, 0.1) is 6.92 Å². The van der Waals surface area contributed by atoms with Crippen LogP contribution in [0.1, 0.15) is 63.7 Å². The molecular weight excluding hydrogens is 546 g/mol. The number of aryl methyl sites for hydroxylation is 1. The fraction of sp³-hybridized carbons (Fsp3) is 0.333. The van der Waals surface area contributed by atoms with Crippen LogP contribution in [0.5, 0.6) is 11.5 Å². The van der Waals surface area contributed by atoms with Gasteiger partial charge >= 0.3 is 0 Å². The molecule has 2 aliphatic carbocycles. The number of carbonyl (C=O) groups is 2. The summed E-state index contributed by atoms with van der Waals surface area (Å²) in [4.78, 5) is 30.7. The number of nitrogen functional groups attached to an aromatic ring is 1. The number of hydrogen-bond donors (Lipinski definition) is 4. The van der Waals surface area contributed by atoms with Crippen LogP contribution >= 0.6 is 11.3 Å². The molecule has 218 valence electrons. The molecular formula is C33H37N5O3S. The van der Waals surface area contributed by atoms with Gasteiger partial charge in [-0.05, 0) is 80.9 Å². The van der Waals surface area contributed by atoms with Crippen molar-refractivity contribution in [3.05, 3.63) is 87.8 Å². The third-order valence-corrected chi connectivity index (χ3v) is 10.1. The summed E-state index contributed by atoms with van der Waals surface area (Å²) in [6.07, 6.45) is 4.13. The van der Waals surface area contributed by atoms with Crippen LogP contribution in [0.3, 0.4) is 0 Å². The van der Waals surface area contributed by atoms with Gasteiger partial charge in [-0.25, -0.2) is 0 Å². The fourth-order valence-electron chi connectivity index (χ4n) is 6.73. The molecule has 0 radical (unpaired) electrons. The second-order valence-corrected chi connectivity index (χ2v) is 12.7. The van der Waals surface area contributed by atoms with Gasteiger partial charge in [-0.2, -0.15) is 0 Å². The number of anilines is 1. The number of carbonyl (C=O) groups excluding carboxylic acids is 2. The standard InChI is InChI=1S/C33H37N5O3S/c1-18-17-20(41-19-9-5-4-6-10-19)13-14-21(18)33(36)22-15-16-23(34)29-26(22)27(28(35)31(33)39)30(42-29)32(40)37-24-11-7-8-12-25(24)38(2)3/h4-6,9-10,13-17,24-25,28H,7-8,11-12,34-36H2,1-3H3,(H,37,40)/t24-,25-,28?,33?/m1/s1. The summed E-state index contributed by atoms with van der Waals surface area (Å²) < 4.78 is 6.74. The molecule has 1 aromatic heterocycles. The van der Waals surface area contributed by atoms with E-state index in [1.54, 1.807) is 12.1 Å². The summed E-state index contributed by atoms with van der Waals surface area (Å²) in [5.74, 6) is 0.760. The van der Waals surface area contributed by atoms with E-state index in [9.17, 15) is 9.59 Å². The normalized spacial score (nSPS) is 23.8. The Hall–Kier alpha value is -3.76. The monoisotopic (exact) mass is 583 g/mol. The minimum atomic E-state index is -1.53. The van der Waals surface area contributed by atoms with E-state index in [0.29, 0.717) is 44.1 Å². The molecule has 1 fully saturated rings. The lowest BCUT2D eigenvalue weighted by Crippen LogP contribution is -2.53. The maximum atomic E-state index is 14.2. The number of nitrogens with one attached hydrogen (secondary N) is 1. The topological polar surface area (TPSA) is 137 Å². The number of hydrogen-bond acceptors (Lipinski definition) is 8. The summed E-state index contributed by atoms with van der Waals surface area (Å²) >= 11 is 1.29. The van der Waals surface area contributed by atoms with Gasteiger partial charge in [-0.3, -0.25) is 9.59 Å². The minimum absolute atomic E-state index is 0.0128. The Bertz CT molecular complexity index is 1680. The number of para-hydroxylation sites is 1. The van der Waals surface area contributed by atoms with Crippen molar-refractivity contribution < 1.29 is 14.3 Å². The highest BCUT2D eigenvalue weighted by atomic mass is 32.1. The quantitative estimate of drug-likeness (QED) is 0.235. The zero-order valence-corrected chi connectivity index (χ0v) is 25.0. The maximum Gasteiger partial charge on any atom is 0.262 e. The molecule has 4 atom stereocenters. The van der Waals surface area contributed by atoms with E-state index in [2.05, 4.69) is 10.2 Å². The highest BCUT2D eigenvalue weighted by Gasteiger charge is 2.49. The maximum absolute atomic E-state index is 14.2. The predicted octanol–water partition coefficient (Wildman–Crippen LogP) is 4.97. The fourth-order valence-corrected chi connectivity index (χ4v) is 7.93. The lowest BCUT2D eigenvalue weighted by atomic mass is 9.69. The van der Waals surface area contributed by atoms with Crippen LogP contribution in [-0.4, -0.2) is 42.8 Å². The average Bonchev–Trinajstić information content (AvgIpc) is 3.38. The van der Waals surface area contributed by atoms with Gasteiger partial charge in [0.05, 0.1) is 15.6 Å². The Morgan fingerprint density at radius 2 is 1.74 bits per heavy atom. The number of thiophene rings is 1. The first-order valence-corrected chi connectivity index (χ1v) is 15.2. The van der Waals surface area contributed by atoms with Gasteiger partial charge < -0.3 is 32.2 Å². The second-order valence-electron chi connectivity index (χ2n) is 11.7. The smallest absolute Gasteiger partial charge is 0.262 e. The lowest BCUT2D eigenvalue weighted by Gasteiger charge is -2.38. The molecule has 7 N–H and O–H groups in total. The van der Waals surface area contributed by atoms with Crippen molar-refractivity contribution in [1.82, 2.24) is 10.2 Å². The summed E-state index contributed by atoms with van der Waals surface area (Å²) in [6, 6.07) is 17.7. The zero-order valence-electron chi connectivity index (χ0n) is 24.1. The molecule has 0 bridgehead atoms. The van der Waals surface area contributed by atoms with Gasteiger partial charge in [0.2, 0.25) is 0 Å². The highest BCUT2D eigenvalue weighted by molar-refractivity contribution is 7.21. The van der Waals surface area contributed by atoms with E-state index in [1.807, 2.05) is 69.6 Å². The largest absolute Gasteiger partial charge is 0.457 e. The first kappa shape index (κ1) is 28.4. The Morgan fingerprint density at radius 3 is 2.45 bits per heavy atom. The number of nitrogens with zero attached hydrogens (tertiary/aromatic N) is 1. The minimum Gasteiger partial charge on any atom is -0.457 e. The van der Waals surface area contributed by atoms with E-state index >= 15 is 0 Å². The van der Waals surface area contributed by atoms with Crippen molar-refractivity contribution in [2.75, 3.05) is 19.8 Å². The summed E-state index contributed by atoms with van der Waals surface area (Å²) in [5.41, 5.74) is 21.8. The van der Waals surface area contributed by atoms with Crippen LogP contribution in [0.2, 0.25) is 0 Å². The highest BCUT2D eigenvalue weighted by Crippen LogP contribution is 2.50. The number of ether oxygens (including phenoxy) is 1. The molecule has 42 heavy (non-hydrogen) atoms. The molecule has 2 unspecified atom stereocenters. The van der Waals surface area contributed by atoms with Gasteiger partial charge in [0.15, 0.2) is 5.78 Å². The van der Waals surface area contributed by atoms with Crippen molar-refractivity contribution in [3.8, 4) is 11.5 Å². The average molecular weight is 584 g/mol. The predicted molar refractivity (Wildman–Crippen MR) is 168 cm³/mol. The van der Waals surface area contributed by atoms with Crippen molar-refractivity contribution >= 4 is 38.8 Å². The third-order valence-electron chi connectivity index (χ3n) is 8.83. The molecule has 0 spiro atoms. The Balaban J connectivity index is 1.43. The first-order valence-electron chi connectivity index (χ1n) is 14.4. The molecule has 8 nitrogen and oxygen atoms in total. The Morgan fingerprint density at radius 1 is 1.02 bits per heavy atom. The van der Waals surface area contributed by atoms with Gasteiger partial charge in [-0.1, -0.05) is 43.2 Å². The Kier molecular flexibility index (Phi) is 7.31. The van der Waals surface area contributed by atoms with Gasteiger partial charge in [-0.15, -0.1) is 11.3 Å². The molecule has 4 aromatic rings. The molecule has 1 heterocycles. The van der Waals surface area contributed by atoms with E-state index in [4.69, 9.17) is 21.9 Å². The number of benzene rings is 3. The van der Waals surface area contributed by atoms with Crippen molar-refractivity contribution in [3.63, 3.8) is 0 Å². The van der Waals surface area contributed by atoms with E-state index in [-0.39, 0.29) is 23.8 Å². The second kappa shape index (κ2) is 10.8. The van der Waals surface area contributed by atoms with Crippen LogP contribution in [0.25, 0.3) is 10.1 Å². The SMILES string of the molecule is Cc1cc(Oc2ccccc2)ccc1C1(N)C(=O)C(N)c2c(C(=O)N[C@@H]3CCCC[C@H]3N(C)C)sc3c(N)ccc1c23. The number of ketones is 1. The molecule has 1 saturated carbocycles. The molecule has 9 heteroatoms. The van der Waals surface area contributed by atoms with Crippen LogP contribution < -0.4 is 27.3 Å². The number of amides is 1.